The minimum Gasteiger partial charge on any atom is -0.425 e. The van der Waals surface area contributed by atoms with Gasteiger partial charge in [-0.3, -0.25) is 4.79 Å². The highest BCUT2D eigenvalue weighted by atomic mass is 16.5. The van der Waals surface area contributed by atoms with Gasteiger partial charge in [0.15, 0.2) is 0 Å². The van der Waals surface area contributed by atoms with Crippen molar-refractivity contribution in [3.63, 3.8) is 0 Å². The lowest BCUT2D eigenvalue weighted by Crippen LogP contribution is -2.24. The first-order chi connectivity index (χ1) is 9.56. The third-order valence-corrected chi connectivity index (χ3v) is 4.43. The molecule has 2 bridgehead atoms. The molecule has 2 fully saturated rings. The molecule has 112 valence electrons. The number of nitrogens with two attached hydrogens (primary N) is 1. The molecule has 2 aliphatic carbocycles. The average Bonchev–Trinajstić information content (AvgIpc) is 3.05. The monoisotopic (exact) mass is 280 g/mol. The number of aryl methyl sites for hydroxylation is 1. The summed E-state index contributed by atoms with van der Waals surface area (Å²) in [6.07, 6.45) is 5.03. The molecule has 0 spiro atoms. The number of rotatable bonds is 2. The second kappa shape index (κ2) is 6.41. The van der Waals surface area contributed by atoms with Gasteiger partial charge in [0.2, 0.25) is 0 Å². The van der Waals surface area contributed by atoms with Crippen LogP contribution in [0.5, 0.6) is 0 Å². The molecule has 2 aliphatic rings. The van der Waals surface area contributed by atoms with Crippen molar-refractivity contribution in [2.24, 2.45) is 17.6 Å². The first-order valence-electron chi connectivity index (χ1n) is 7.30. The molecule has 0 aliphatic heterocycles. The highest BCUT2D eigenvalue weighted by Crippen LogP contribution is 2.52. The predicted octanol–water partition coefficient (Wildman–Crippen LogP) is 1.24. The summed E-state index contributed by atoms with van der Waals surface area (Å²) < 4.78 is 0.859. The van der Waals surface area contributed by atoms with E-state index >= 15 is 0 Å². The van der Waals surface area contributed by atoms with E-state index in [0.717, 1.165) is 28.3 Å². The maximum Gasteiger partial charge on any atom is 0.283 e. The molecule has 0 unspecified atom stereocenters. The average molecular weight is 280 g/mol. The summed E-state index contributed by atoms with van der Waals surface area (Å²) in [6.45, 7) is 2.39. The largest absolute Gasteiger partial charge is 0.425 e. The Morgan fingerprint density at radius 2 is 2.05 bits per heavy atom. The molecule has 20 heavy (non-hydrogen) atoms. The van der Waals surface area contributed by atoms with Crippen molar-refractivity contribution in [2.45, 2.75) is 38.5 Å². The molecule has 0 radical (unpaired) electrons. The molecule has 0 saturated heterocycles. The molecular weight excluding hydrogens is 256 g/mol. The van der Waals surface area contributed by atoms with Crippen LogP contribution in [0.2, 0.25) is 0 Å². The second-order valence-electron chi connectivity index (χ2n) is 5.90. The highest BCUT2D eigenvalue weighted by molar-refractivity contribution is 5.21. The Bertz CT molecular complexity index is 510. The number of pyridine rings is 1. The summed E-state index contributed by atoms with van der Waals surface area (Å²) >= 11 is 0. The van der Waals surface area contributed by atoms with Gasteiger partial charge in [-0.15, -0.1) is 0 Å². The minimum atomic E-state index is -0.294. The minimum absolute atomic E-state index is 0.0972. The van der Waals surface area contributed by atoms with Gasteiger partial charge in [0.05, 0.1) is 12.3 Å². The smallest absolute Gasteiger partial charge is 0.283 e. The van der Waals surface area contributed by atoms with Crippen LogP contribution in [0, 0.1) is 18.8 Å². The Balaban J connectivity index is 0.000000328. The van der Waals surface area contributed by atoms with Crippen LogP contribution in [0.25, 0.3) is 0 Å². The molecule has 0 amide bonds. The Morgan fingerprint density at radius 1 is 1.35 bits per heavy atom. The molecule has 1 aromatic rings. The SMILES string of the molecule is Cc1cc([C@@H]2C[C@@H]3CC[C@H]2C3)n(O)c(=O)c1.NCCO. The lowest BCUT2D eigenvalue weighted by molar-refractivity contribution is 0.155. The zero-order valence-corrected chi connectivity index (χ0v) is 12.0. The van der Waals surface area contributed by atoms with Gasteiger partial charge < -0.3 is 16.0 Å². The molecule has 2 saturated carbocycles. The molecule has 0 aromatic carbocycles. The summed E-state index contributed by atoms with van der Waals surface area (Å²) in [6, 6.07) is 3.45. The second-order valence-corrected chi connectivity index (χ2v) is 5.90. The van der Waals surface area contributed by atoms with Crippen molar-refractivity contribution in [3.05, 3.63) is 33.7 Å². The predicted molar refractivity (Wildman–Crippen MR) is 77.0 cm³/mol. The number of aliphatic hydroxyl groups excluding tert-OH is 1. The summed E-state index contributed by atoms with van der Waals surface area (Å²) in [5, 5.41) is 17.6. The topological polar surface area (TPSA) is 88.5 Å². The summed E-state index contributed by atoms with van der Waals surface area (Å²) in [4.78, 5) is 11.5. The molecule has 1 heterocycles. The highest BCUT2D eigenvalue weighted by Gasteiger charge is 2.41. The maximum absolute atomic E-state index is 11.5. The first-order valence-corrected chi connectivity index (χ1v) is 7.30. The van der Waals surface area contributed by atoms with Gasteiger partial charge in [-0.25, -0.2) is 0 Å². The van der Waals surface area contributed by atoms with E-state index in [4.69, 9.17) is 10.8 Å². The number of nitrogens with zero attached hydrogens (tertiary/aromatic N) is 1. The number of hydrogen-bond donors (Lipinski definition) is 3. The van der Waals surface area contributed by atoms with E-state index < -0.39 is 0 Å². The molecule has 3 rings (SSSR count). The van der Waals surface area contributed by atoms with Crippen LogP contribution in [-0.2, 0) is 0 Å². The molecule has 3 atom stereocenters. The zero-order chi connectivity index (χ0) is 14.7. The van der Waals surface area contributed by atoms with E-state index in [1.54, 1.807) is 0 Å². The van der Waals surface area contributed by atoms with Crippen LogP contribution in [-0.4, -0.2) is 28.2 Å². The van der Waals surface area contributed by atoms with Gasteiger partial charge >= 0.3 is 0 Å². The lowest BCUT2D eigenvalue weighted by Gasteiger charge is -2.23. The van der Waals surface area contributed by atoms with Gasteiger partial charge in [-0.05, 0) is 49.7 Å². The number of aromatic nitrogens is 1. The summed E-state index contributed by atoms with van der Waals surface area (Å²) in [7, 11) is 0. The Kier molecular flexibility index (Phi) is 4.83. The standard InChI is InChI=1S/C13H17NO2.C2H7NO/c1-8-4-12(14(16)13(15)5-8)11-7-9-2-3-10(11)6-9;3-1-2-4/h4-5,9-11,16H,2-3,6-7H2,1H3;4H,1-3H2/t9-,10+,11-;/m1./s1. The van der Waals surface area contributed by atoms with Crippen LogP contribution >= 0.6 is 0 Å². The maximum atomic E-state index is 11.5. The van der Waals surface area contributed by atoms with Crippen molar-refractivity contribution in [2.75, 3.05) is 13.2 Å². The normalized spacial score (nSPS) is 27.2. The van der Waals surface area contributed by atoms with E-state index in [0.29, 0.717) is 18.4 Å². The van der Waals surface area contributed by atoms with Gasteiger partial charge in [0, 0.05) is 18.5 Å². The van der Waals surface area contributed by atoms with E-state index in [-0.39, 0.29) is 12.2 Å². The van der Waals surface area contributed by atoms with Crippen molar-refractivity contribution >= 4 is 0 Å². The van der Waals surface area contributed by atoms with Gasteiger partial charge in [-0.2, -0.15) is 4.73 Å². The number of fused-ring (bicyclic) bond motifs is 2. The van der Waals surface area contributed by atoms with Gasteiger partial charge in [0.25, 0.3) is 5.56 Å². The van der Waals surface area contributed by atoms with Crippen molar-refractivity contribution < 1.29 is 10.3 Å². The fraction of sp³-hybridized carbons (Fsp3) is 0.667. The molecule has 4 N–H and O–H groups in total. The van der Waals surface area contributed by atoms with E-state index in [1.807, 2.05) is 13.0 Å². The fourth-order valence-electron chi connectivity index (χ4n) is 3.59. The van der Waals surface area contributed by atoms with E-state index in [1.165, 1.54) is 25.3 Å². The van der Waals surface area contributed by atoms with E-state index in [2.05, 4.69) is 0 Å². The van der Waals surface area contributed by atoms with Crippen molar-refractivity contribution in [1.29, 1.82) is 0 Å². The quantitative estimate of drug-likeness (QED) is 0.711. The Morgan fingerprint density at radius 3 is 2.55 bits per heavy atom. The third-order valence-electron chi connectivity index (χ3n) is 4.43. The van der Waals surface area contributed by atoms with Crippen LogP contribution in [0.15, 0.2) is 16.9 Å². The van der Waals surface area contributed by atoms with Crippen molar-refractivity contribution in [1.82, 2.24) is 4.73 Å². The summed E-state index contributed by atoms with van der Waals surface area (Å²) in [5.74, 6) is 1.91. The third kappa shape index (κ3) is 3.04. The van der Waals surface area contributed by atoms with Crippen LogP contribution in [0.1, 0.15) is 42.9 Å². The zero-order valence-electron chi connectivity index (χ0n) is 12.0. The molecular formula is C15H24N2O3. The molecule has 1 aromatic heterocycles. The van der Waals surface area contributed by atoms with E-state index in [9.17, 15) is 10.0 Å². The Labute approximate surface area is 119 Å². The number of hydrogen-bond acceptors (Lipinski definition) is 4. The Hall–Kier alpha value is -1.33. The molecule has 5 heteroatoms. The van der Waals surface area contributed by atoms with Gasteiger partial charge in [0.1, 0.15) is 0 Å². The molecule has 5 nitrogen and oxygen atoms in total. The van der Waals surface area contributed by atoms with Crippen LogP contribution in [0.3, 0.4) is 0 Å². The van der Waals surface area contributed by atoms with Crippen molar-refractivity contribution in [3.8, 4) is 0 Å². The lowest BCUT2D eigenvalue weighted by atomic mass is 9.86. The van der Waals surface area contributed by atoms with Crippen LogP contribution in [0.4, 0.5) is 0 Å². The number of aliphatic hydroxyl groups is 1. The first kappa shape index (κ1) is 15.1. The van der Waals surface area contributed by atoms with Crippen LogP contribution < -0.4 is 11.3 Å². The summed E-state index contributed by atoms with van der Waals surface area (Å²) in [5.41, 5.74) is 6.27. The van der Waals surface area contributed by atoms with Gasteiger partial charge in [-0.1, -0.05) is 6.42 Å². The fourth-order valence-corrected chi connectivity index (χ4v) is 3.59.